The van der Waals surface area contributed by atoms with E-state index in [1.807, 2.05) is 24.3 Å². The van der Waals surface area contributed by atoms with Gasteiger partial charge in [-0.15, -0.1) is 0 Å². The number of benzene rings is 4. The summed E-state index contributed by atoms with van der Waals surface area (Å²) in [7, 11) is 1.59. The number of rotatable bonds is 8. The Morgan fingerprint density at radius 2 is 1.51 bits per heavy atom. The van der Waals surface area contributed by atoms with Crippen LogP contribution in [0.25, 0.3) is 10.9 Å². The second kappa shape index (κ2) is 14.7. The van der Waals surface area contributed by atoms with Crippen molar-refractivity contribution in [2.45, 2.75) is 12.7 Å². The predicted molar refractivity (Wildman–Crippen MR) is 165 cm³/mol. The molecule has 0 aliphatic heterocycles. The summed E-state index contributed by atoms with van der Waals surface area (Å²) in [5.74, 6) is -3.25. The molecule has 5 N–H and O–H groups in total. The standard InChI is InChI=1S/C31H25FN4O4.C2HF3O2/c1-40-24-14-8-19(9-15-24)17-34-31(39)26-18-33-29-25(6-3-7-27(29)37)28(26)35-22-4-2-5-23(16-22)36-30(38)20-10-12-21(32)13-11-20;3-2(4,5)1(6)7/h2-16,18,37H,17H2,1H3,(H,33,35)(H,34,39)(H,36,38);(H,6,7). The van der Waals surface area contributed by atoms with Gasteiger partial charge in [0.25, 0.3) is 11.8 Å². The van der Waals surface area contributed by atoms with E-state index in [4.69, 9.17) is 14.6 Å². The maximum Gasteiger partial charge on any atom is 0.490 e. The monoisotopic (exact) mass is 650 g/mol. The molecule has 0 spiro atoms. The molecule has 0 radical (unpaired) electrons. The highest BCUT2D eigenvalue weighted by atomic mass is 19.4. The van der Waals surface area contributed by atoms with E-state index in [9.17, 15) is 32.3 Å². The number of carbonyl (C=O) groups is 3. The summed E-state index contributed by atoms with van der Waals surface area (Å²) in [6, 6.07) is 24.5. The number of amides is 2. The number of methoxy groups -OCH3 is 1. The van der Waals surface area contributed by atoms with E-state index in [1.165, 1.54) is 36.5 Å². The van der Waals surface area contributed by atoms with E-state index in [0.717, 1.165) is 11.3 Å². The molecule has 1 heterocycles. The van der Waals surface area contributed by atoms with E-state index in [1.54, 1.807) is 43.5 Å². The summed E-state index contributed by atoms with van der Waals surface area (Å²) in [5, 5.41) is 27.0. The molecule has 0 bridgehead atoms. The number of carboxylic acid groups (broad SMARTS) is 1. The number of ether oxygens (including phenoxy) is 1. The molecule has 2 amide bonds. The van der Waals surface area contributed by atoms with Crippen LogP contribution < -0.4 is 20.7 Å². The summed E-state index contributed by atoms with van der Waals surface area (Å²) in [6.45, 7) is 0.283. The van der Waals surface area contributed by atoms with Gasteiger partial charge in [-0.05, 0) is 66.2 Å². The molecule has 0 aliphatic rings. The zero-order valence-electron chi connectivity index (χ0n) is 24.4. The van der Waals surface area contributed by atoms with Gasteiger partial charge in [0.05, 0.1) is 18.4 Å². The lowest BCUT2D eigenvalue weighted by molar-refractivity contribution is -0.192. The van der Waals surface area contributed by atoms with Crippen LogP contribution in [0.1, 0.15) is 26.3 Å². The number of phenolic OH excluding ortho intramolecular Hbond substituents is 1. The van der Waals surface area contributed by atoms with Crippen molar-refractivity contribution < 1.29 is 46.9 Å². The number of pyridine rings is 1. The molecule has 4 aromatic carbocycles. The molecule has 0 atom stereocenters. The Morgan fingerprint density at radius 3 is 2.15 bits per heavy atom. The topological polar surface area (TPSA) is 150 Å². The fraction of sp³-hybridized carbons (Fsp3) is 0.0909. The lowest BCUT2D eigenvalue weighted by Crippen LogP contribution is -2.24. The quantitative estimate of drug-likeness (QED) is 0.117. The highest BCUT2D eigenvalue weighted by Gasteiger charge is 2.38. The molecule has 0 saturated heterocycles. The minimum atomic E-state index is -5.08. The molecule has 0 aliphatic carbocycles. The lowest BCUT2D eigenvalue weighted by Gasteiger charge is -2.16. The van der Waals surface area contributed by atoms with Crippen molar-refractivity contribution in [2.75, 3.05) is 17.7 Å². The van der Waals surface area contributed by atoms with Crippen LogP contribution in [0.5, 0.6) is 11.5 Å². The van der Waals surface area contributed by atoms with Crippen LogP contribution in [0.3, 0.4) is 0 Å². The Labute approximate surface area is 264 Å². The molecule has 10 nitrogen and oxygen atoms in total. The number of fused-ring (bicyclic) bond motifs is 1. The molecule has 47 heavy (non-hydrogen) atoms. The molecule has 0 saturated carbocycles. The van der Waals surface area contributed by atoms with Gasteiger partial charge < -0.3 is 30.9 Å². The van der Waals surface area contributed by atoms with Crippen molar-refractivity contribution in [3.8, 4) is 11.5 Å². The van der Waals surface area contributed by atoms with Crippen molar-refractivity contribution in [3.63, 3.8) is 0 Å². The van der Waals surface area contributed by atoms with E-state index in [0.29, 0.717) is 33.5 Å². The molecule has 5 aromatic rings. The average molecular weight is 651 g/mol. The minimum absolute atomic E-state index is 0.0222. The van der Waals surface area contributed by atoms with Crippen LogP contribution in [0.4, 0.5) is 34.6 Å². The third-order valence-electron chi connectivity index (χ3n) is 6.47. The molecule has 5 rings (SSSR count). The Hall–Kier alpha value is -6.18. The first-order chi connectivity index (χ1) is 22.3. The van der Waals surface area contributed by atoms with Gasteiger partial charge in [-0.2, -0.15) is 13.2 Å². The SMILES string of the molecule is COc1ccc(CNC(=O)c2cnc3c(O)cccc3c2Nc2cccc(NC(=O)c3ccc(F)cc3)c2)cc1.O=C(O)C(F)(F)F. The van der Waals surface area contributed by atoms with E-state index in [2.05, 4.69) is 20.9 Å². The second-order valence-corrected chi connectivity index (χ2v) is 9.72. The summed E-state index contributed by atoms with van der Waals surface area (Å²) in [5.41, 5.74) is 3.31. The molecular weight excluding hydrogens is 624 g/mol. The number of aliphatic carboxylic acids is 1. The molecule has 14 heteroatoms. The molecule has 1 aromatic heterocycles. The lowest BCUT2D eigenvalue weighted by atomic mass is 10.1. The van der Waals surface area contributed by atoms with Gasteiger partial charge in [-0.3, -0.25) is 14.6 Å². The number of nitrogens with zero attached hydrogens (tertiary/aromatic N) is 1. The number of anilines is 3. The highest BCUT2D eigenvalue weighted by Crippen LogP contribution is 2.33. The molecular formula is C33H26F4N4O6. The number of carbonyl (C=O) groups excluding carboxylic acids is 2. The van der Waals surface area contributed by atoms with Crippen LogP contribution in [-0.2, 0) is 11.3 Å². The van der Waals surface area contributed by atoms with Crippen molar-refractivity contribution in [1.82, 2.24) is 10.3 Å². The van der Waals surface area contributed by atoms with Gasteiger partial charge in [0.15, 0.2) is 0 Å². The third-order valence-corrected chi connectivity index (χ3v) is 6.47. The Balaban J connectivity index is 0.000000644. The predicted octanol–water partition coefficient (Wildman–Crippen LogP) is 6.65. The van der Waals surface area contributed by atoms with Crippen LogP contribution in [0, 0.1) is 5.82 Å². The smallest absolute Gasteiger partial charge is 0.490 e. The minimum Gasteiger partial charge on any atom is -0.506 e. The second-order valence-electron chi connectivity index (χ2n) is 9.72. The Bertz CT molecular complexity index is 1900. The van der Waals surface area contributed by atoms with Crippen molar-refractivity contribution >= 4 is 45.7 Å². The molecule has 242 valence electrons. The summed E-state index contributed by atoms with van der Waals surface area (Å²) < 4.78 is 50.2. The average Bonchev–Trinajstić information content (AvgIpc) is 3.04. The maximum absolute atomic E-state index is 13.3. The third kappa shape index (κ3) is 8.94. The first-order valence-electron chi connectivity index (χ1n) is 13.6. The van der Waals surface area contributed by atoms with Crippen LogP contribution >= 0.6 is 0 Å². The number of nitrogens with one attached hydrogen (secondary N) is 3. The zero-order valence-corrected chi connectivity index (χ0v) is 24.4. The Kier molecular flexibility index (Phi) is 10.6. The van der Waals surface area contributed by atoms with E-state index in [-0.39, 0.29) is 23.8 Å². The van der Waals surface area contributed by atoms with E-state index >= 15 is 0 Å². The van der Waals surface area contributed by atoms with Crippen molar-refractivity contribution in [1.29, 1.82) is 0 Å². The van der Waals surface area contributed by atoms with Crippen LogP contribution in [0.15, 0.2) is 97.2 Å². The molecule has 0 unspecified atom stereocenters. The number of hydrogen-bond acceptors (Lipinski definition) is 7. The van der Waals surface area contributed by atoms with Gasteiger partial charge in [-0.25, -0.2) is 9.18 Å². The van der Waals surface area contributed by atoms with Gasteiger partial charge in [0.1, 0.15) is 22.8 Å². The number of carboxylic acids is 1. The van der Waals surface area contributed by atoms with Crippen molar-refractivity contribution in [2.24, 2.45) is 0 Å². The summed E-state index contributed by atoms with van der Waals surface area (Å²) >= 11 is 0. The normalized spacial score (nSPS) is 10.7. The van der Waals surface area contributed by atoms with Crippen molar-refractivity contribution in [3.05, 3.63) is 120 Å². The number of phenols is 1. The largest absolute Gasteiger partial charge is 0.506 e. The van der Waals surface area contributed by atoms with Crippen LogP contribution in [-0.4, -0.2) is 46.3 Å². The number of alkyl halides is 3. The number of halogens is 4. The Morgan fingerprint density at radius 1 is 0.872 bits per heavy atom. The maximum atomic E-state index is 13.3. The highest BCUT2D eigenvalue weighted by molar-refractivity contribution is 6.09. The summed E-state index contributed by atoms with van der Waals surface area (Å²) in [6.07, 6.45) is -3.67. The zero-order chi connectivity index (χ0) is 34.1. The van der Waals surface area contributed by atoms with Crippen LogP contribution in [0.2, 0.25) is 0 Å². The number of para-hydroxylation sites is 1. The number of aromatic hydroxyl groups is 1. The van der Waals surface area contributed by atoms with Gasteiger partial charge >= 0.3 is 12.1 Å². The first-order valence-corrected chi connectivity index (χ1v) is 13.6. The van der Waals surface area contributed by atoms with Gasteiger partial charge in [-0.1, -0.05) is 30.3 Å². The van der Waals surface area contributed by atoms with Gasteiger partial charge in [0, 0.05) is 35.1 Å². The fourth-order valence-corrected chi connectivity index (χ4v) is 4.16. The fourth-order valence-electron chi connectivity index (χ4n) is 4.16. The summed E-state index contributed by atoms with van der Waals surface area (Å²) in [4.78, 5) is 39.2. The number of aromatic nitrogens is 1. The molecule has 0 fully saturated rings. The van der Waals surface area contributed by atoms with Gasteiger partial charge in [0.2, 0.25) is 0 Å². The number of hydrogen-bond donors (Lipinski definition) is 5. The first kappa shape index (κ1) is 33.7. The van der Waals surface area contributed by atoms with E-state index < -0.39 is 23.9 Å².